The molecule has 1 amide bonds. The molecule has 296 valence electrons. The molecule has 0 radical (unpaired) electrons. The number of methoxy groups -OCH3 is 1. The number of aliphatic hydroxyl groups excluding tert-OH is 9. The van der Waals surface area contributed by atoms with Crippen LogP contribution in [0.1, 0.15) is 96.8 Å². The predicted molar refractivity (Wildman–Crippen MR) is 193 cm³/mol. The molecular formula is C34H64INO14. The Kier molecular flexibility index (Phi) is 29.8. The van der Waals surface area contributed by atoms with Crippen molar-refractivity contribution in [2.24, 2.45) is 0 Å². The molecule has 0 spiro atoms. The van der Waals surface area contributed by atoms with E-state index in [0.717, 1.165) is 38.5 Å². The number of rotatable bonds is 32. The maximum atomic E-state index is 12.6. The summed E-state index contributed by atoms with van der Waals surface area (Å²) in [6.07, 6.45) is 1.39. The van der Waals surface area contributed by atoms with Crippen molar-refractivity contribution in [3.8, 4) is 0 Å². The van der Waals surface area contributed by atoms with E-state index < -0.39 is 84.1 Å². The second-order valence-electron chi connectivity index (χ2n) is 12.5. The zero-order chi connectivity index (χ0) is 37.9. The summed E-state index contributed by atoms with van der Waals surface area (Å²) in [7, 11) is 1.36. The zero-order valence-corrected chi connectivity index (χ0v) is 31.8. The van der Waals surface area contributed by atoms with Crippen LogP contribution in [-0.2, 0) is 23.8 Å². The quantitative estimate of drug-likeness (QED) is 0.0110. The number of carbonyl (C=O) groups is 2. The van der Waals surface area contributed by atoms with Gasteiger partial charge in [0.25, 0.3) is 5.91 Å². The third-order valence-corrected chi connectivity index (χ3v) is 9.26. The average Bonchev–Trinajstić information content (AvgIpc) is 3.11. The smallest absolute Gasteiger partial charge is 0.306 e. The van der Waals surface area contributed by atoms with Crippen LogP contribution < -0.4 is 5.32 Å². The van der Waals surface area contributed by atoms with Crippen LogP contribution in [0.2, 0.25) is 0 Å². The highest BCUT2D eigenvalue weighted by atomic mass is 127. The maximum absolute atomic E-state index is 12.6. The minimum atomic E-state index is -2.38. The van der Waals surface area contributed by atoms with Crippen LogP contribution in [0.4, 0.5) is 0 Å². The lowest BCUT2D eigenvalue weighted by molar-refractivity contribution is -0.256. The Labute approximate surface area is 310 Å². The van der Waals surface area contributed by atoms with Gasteiger partial charge in [0.05, 0.1) is 36.4 Å². The number of esters is 1. The third kappa shape index (κ3) is 21.5. The molecule has 16 heteroatoms. The highest BCUT2D eigenvalue weighted by molar-refractivity contribution is 14.1. The SMILES string of the molecule is CCCCCCCC/C=C/CCCCCCCC(=O)OC(CNC(=O)C(O)C(O)C(O[C@@H](O)C(O)[C@H](O)[C@H](O)C(I)CO)C(O)CO)COC. The summed E-state index contributed by atoms with van der Waals surface area (Å²) in [4.78, 5) is 25.0. The van der Waals surface area contributed by atoms with Crippen LogP contribution in [0.3, 0.4) is 0 Å². The molecule has 15 nitrogen and oxygen atoms in total. The fraction of sp³-hybridized carbons (Fsp3) is 0.882. The van der Waals surface area contributed by atoms with E-state index in [1.165, 1.54) is 45.6 Å². The van der Waals surface area contributed by atoms with Gasteiger partial charge in [0.1, 0.15) is 36.6 Å². The van der Waals surface area contributed by atoms with Crippen molar-refractivity contribution in [2.75, 3.05) is 33.5 Å². The summed E-state index contributed by atoms with van der Waals surface area (Å²) >= 11 is 1.59. The summed E-state index contributed by atoms with van der Waals surface area (Å²) in [6, 6.07) is 0. The van der Waals surface area contributed by atoms with Crippen molar-refractivity contribution in [1.82, 2.24) is 5.32 Å². The molecule has 0 bridgehead atoms. The number of halogens is 1. The first-order valence-corrected chi connectivity index (χ1v) is 19.0. The Hall–Kier alpha value is -1.03. The highest BCUT2D eigenvalue weighted by Crippen LogP contribution is 2.19. The predicted octanol–water partition coefficient (Wildman–Crippen LogP) is 0.356. The van der Waals surface area contributed by atoms with E-state index >= 15 is 0 Å². The number of unbranched alkanes of at least 4 members (excludes halogenated alkanes) is 11. The number of allylic oxidation sites excluding steroid dienone is 2. The number of nitrogens with one attached hydrogen (secondary N) is 1. The largest absolute Gasteiger partial charge is 0.458 e. The number of carbonyl (C=O) groups excluding carboxylic acids is 2. The van der Waals surface area contributed by atoms with Gasteiger partial charge in [-0.15, -0.1) is 0 Å². The lowest BCUT2D eigenvalue weighted by Gasteiger charge is -2.34. The van der Waals surface area contributed by atoms with Crippen molar-refractivity contribution >= 4 is 34.5 Å². The first-order chi connectivity index (χ1) is 23.9. The molecule has 0 aromatic rings. The highest BCUT2D eigenvalue weighted by Gasteiger charge is 2.41. The molecule has 0 aromatic carbocycles. The summed E-state index contributed by atoms with van der Waals surface area (Å²) < 4.78 is 14.5. The van der Waals surface area contributed by atoms with Gasteiger partial charge < -0.3 is 65.5 Å². The van der Waals surface area contributed by atoms with E-state index in [1.807, 2.05) is 0 Å². The molecule has 0 saturated heterocycles. The first-order valence-electron chi connectivity index (χ1n) is 17.7. The van der Waals surface area contributed by atoms with Gasteiger partial charge in [0.15, 0.2) is 12.4 Å². The van der Waals surface area contributed by atoms with Crippen molar-refractivity contribution in [2.45, 2.75) is 156 Å². The van der Waals surface area contributed by atoms with Crippen LogP contribution in [0, 0.1) is 0 Å². The first kappa shape index (κ1) is 49.0. The average molecular weight is 838 g/mol. The summed E-state index contributed by atoms with van der Waals surface area (Å²) in [5, 5.41) is 92.4. The Balaban J connectivity index is 4.67. The van der Waals surface area contributed by atoms with Crippen LogP contribution in [0.25, 0.3) is 0 Å². The summed E-state index contributed by atoms with van der Waals surface area (Å²) in [6.45, 7) is 0.192. The van der Waals surface area contributed by atoms with E-state index in [0.29, 0.717) is 6.42 Å². The Bertz CT molecular complexity index is 887. The second kappa shape index (κ2) is 30.4. The summed E-state index contributed by atoms with van der Waals surface area (Å²) in [5.41, 5.74) is 0. The number of alkyl halides is 1. The molecule has 0 aromatic heterocycles. The van der Waals surface area contributed by atoms with E-state index in [1.54, 1.807) is 22.6 Å². The molecule has 0 aliphatic heterocycles. The van der Waals surface area contributed by atoms with Crippen molar-refractivity contribution in [3.63, 3.8) is 0 Å². The van der Waals surface area contributed by atoms with E-state index in [9.17, 15) is 50.4 Å². The molecule has 0 saturated carbocycles. The fourth-order valence-corrected chi connectivity index (χ4v) is 5.42. The number of aliphatic hydroxyl groups is 9. The van der Waals surface area contributed by atoms with Gasteiger partial charge in [0.2, 0.25) is 0 Å². The number of amides is 1. The lowest BCUT2D eigenvalue weighted by Crippen LogP contribution is -2.56. The Morgan fingerprint density at radius 1 is 0.740 bits per heavy atom. The van der Waals surface area contributed by atoms with Gasteiger partial charge in [-0.2, -0.15) is 0 Å². The van der Waals surface area contributed by atoms with E-state index in [4.69, 9.17) is 19.3 Å². The van der Waals surface area contributed by atoms with Crippen LogP contribution in [0.5, 0.6) is 0 Å². The van der Waals surface area contributed by atoms with E-state index in [-0.39, 0.29) is 19.6 Å². The molecular weight excluding hydrogens is 773 g/mol. The molecule has 0 rings (SSSR count). The molecule has 10 N–H and O–H groups in total. The topological polar surface area (TPSA) is 256 Å². The van der Waals surface area contributed by atoms with Crippen LogP contribution >= 0.6 is 22.6 Å². The van der Waals surface area contributed by atoms with Gasteiger partial charge in [-0.1, -0.05) is 93.0 Å². The van der Waals surface area contributed by atoms with Crippen LogP contribution in [-0.4, -0.2) is 150 Å². The number of hydrogen-bond acceptors (Lipinski definition) is 14. The molecule has 0 heterocycles. The van der Waals surface area contributed by atoms with Crippen molar-refractivity contribution < 1.29 is 69.8 Å². The number of ether oxygens (including phenoxy) is 3. The minimum absolute atomic E-state index is 0.0847. The second-order valence-corrected chi connectivity index (χ2v) is 14.1. The molecule has 0 fully saturated rings. The normalized spacial score (nSPS) is 18.1. The fourth-order valence-electron chi connectivity index (χ4n) is 5.00. The minimum Gasteiger partial charge on any atom is -0.458 e. The Morgan fingerprint density at radius 3 is 1.84 bits per heavy atom. The van der Waals surface area contributed by atoms with Gasteiger partial charge in [0, 0.05) is 13.5 Å². The number of hydrogen-bond donors (Lipinski definition) is 10. The monoisotopic (exact) mass is 837 g/mol. The molecule has 7 unspecified atom stereocenters. The van der Waals surface area contributed by atoms with Gasteiger partial charge in [-0.05, 0) is 32.1 Å². The maximum Gasteiger partial charge on any atom is 0.306 e. The third-order valence-electron chi connectivity index (χ3n) is 8.13. The standard InChI is InChI=1S/C34H64INO14/c1-3-4-5-6-7-8-9-10-11-12-13-14-15-16-17-18-26(40)49-23(22-48-2)19-36-33(46)30(44)29(43)32(25(39)21-38)50-34(47)31(45)28(42)27(41)24(35)20-37/h10-11,23-25,27-32,34,37-39,41-45,47H,3-9,12-22H2,1-2H3,(H,36,46)/b11-10+/t23?,24?,25?,27-,28-,29?,30?,31?,32?,34-/m1/s1. The Morgan fingerprint density at radius 2 is 1.30 bits per heavy atom. The van der Waals surface area contributed by atoms with Crippen molar-refractivity contribution in [3.05, 3.63) is 12.2 Å². The van der Waals surface area contributed by atoms with Gasteiger partial charge in [-0.25, -0.2) is 0 Å². The van der Waals surface area contributed by atoms with Crippen LogP contribution in [0.15, 0.2) is 12.2 Å². The van der Waals surface area contributed by atoms with Gasteiger partial charge >= 0.3 is 5.97 Å². The molecule has 0 aliphatic carbocycles. The van der Waals surface area contributed by atoms with Gasteiger partial charge in [-0.3, -0.25) is 9.59 Å². The van der Waals surface area contributed by atoms with Crippen molar-refractivity contribution in [1.29, 1.82) is 0 Å². The molecule has 50 heavy (non-hydrogen) atoms. The summed E-state index contributed by atoms with van der Waals surface area (Å²) in [5.74, 6) is -1.68. The molecule has 0 aliphatic rings. The van der Waals surface area contributed by atoms with E-state index in [2.05, 4.69) is 24.4 Å². The molecule has 10 atom stereocenters. The zero-order valence-electron chi connectivity index (χ0n) is 29.6. The lowest BCUT2D eigenvalue weighted by atomic mass is 10.0.